The number of hydrogen-bond donors (Lipinski definition) is 2. The van der Waals surface area contributed by atoms with Crippen molar-refractivity contribution >= 4 is 23.4 Å². The summed E-state index contributed by atoms with van der Waals surface area (Å²) in [4.78, 5) is 31.0. The quantitative estimate of drug-likeness (QED) is 0.663. The average molecular weight is 480 g/mol. The van der Waals surface area contributed by atoms with Gasteiger partial charge in [0.1, 0.15) is 0 Å². The molecule has 0 radical (unpaired) electrons. The van der Waals surface area contributed by atoms with Crippen molar-refractivity contribution in [1.82, 2.24) is 24.9 Å². The Hall–Kier alpha value is -3.33. The minimum absolute atomic E-state index is 0.0499. The van der Waals surface area contributed by atoms with E-state index in [2.05, 4.69) is 57.2 Å². The van der Waals surface area contributed by atoms with Crippen molar-refractivity contribution in [2.75, 3.05) is 49.5 Å². The number of nitrogens with one attached hydrogen (secondary N) is 2. The zero-order valence-corrected chi connectivity index (χ0v) is 21.1. The molecule has 2 N–H and O–H groups in total. The number of benzene rings is 1. The van der Waals surface area contributed by atoms with Crippen LogP contribution in [0.3, 0.4) is 0 Å². The van der Waals surface area contributed by atoms with Gasteiger partial charge in [-0.3, -0.25) is 9.69 Å². The molecule has 0 bridgehead atoms. The molecule has 0 atom stereocenters. The number of carbonyl (C=O) groups is 2. The molecule has 2 amide bonds. The summed E-state index contributed by atoms with van der Waals surface area (Å²) in [5.74, 6) is 0.673. The molecular formula is C26H37N7O2. The lowest BCUT2D eigenvalue weighted by molar-refractivity contribution is -0.119. The third-order valence-corrected chi connectivity index (χ3v) is 6.65. The largest absolute Gasteiger partial charge is 0.371 e. The van der Waals surface area contributed by atoms with Crippen LogP contribution in [0.2, 0.25) is 0 Å². The third kappa shape index (κ3) is 6.42. The number of amides is 2. The zero-order valence-electron chi connectivity index (χ0n) is 21.1. The van der Waals surface area contributed by atoms with E-state index in [9.17, 15) is 9.59 Å². The lowest BCUT2D eigenvalue weighted by Crippen LogP contribution is -2.49. The minimum atomic E-state index is -0.0996. The van der Waals surface area contributed by atoms with Crippen LogP contribution >= 0.6 is 0 Å². The number of aromatic nitrogens is 2. The van der Waals surface area contributed by atoms with E-state index in [4.69, 9.17) is 0 Å². The number of nitrogens with zero attached hydrogens (tertiary/aromatic N) is 5. The summed E-state index contributed by atoms with van der Waals surface area (Å²) in [6.07, 6.45) is 3.61. The molecule has 9 heteroatoms. The molecule has 3 heterocycles. The lowest BCUT2D eigenvalue weighted by atomic mass is 10.0. The zero-order chi connectivity index (χ0) is 24.9. The first kappa shape index (κ1) is 24.8. The van der Waals surface area contributed by atoms with Gasteiger partial charge in [0, 0.05) is 82.4 Å². The maximum absolute atomic E-state index is 12.9. The van der Waals surface area contributed by atoms with Crippen molar-refractivity contribution in [1.29, 1.82) is 0 Å². The van der Waals surface area contributed by atoms with Crippen LogP contribution in [0.25, 0.3) is 0 Å². The van der Waals surface area contributed by atoms with Crippen LogP contribution in [0.1, 0.15) is 37.8 Å². The smallest absolute Gasteiger partial charge is 0.344 e. The number of anilines is 2. The summed E-state index contributed by atoms with van der Waals surface area (Å²) in [5, 5.41) is 10.4. The number of aryl methyl sites for hydroxylation is 1. The van der Waals surface area contributed by atoms with Gasteiger partial charge < -0.3 is 20.4 Å². The normalized spacial score (nSPS) is 17.3. The molecule has 0 unspecified atom stereocenters. The van der Waals surface area contributed by atoms with Crippen molar-refractivity contribution < 1.29 is 9.59 Å². The molecular weight excluding hydrogens is 442 g/mol. The number of piperidine rings is 1. The van der Waals surface area contributed by atoms with Gasteiger partial charge in [0.2, 0.25) is 5.91 Å². The molecule has 2 aromatic rings. The fraction of sp³-hybridized carbons (Fsp3) is 0.500. The number of allylic oxidation sites excluding steroid dienone is 1. The van der Waals surface area contributed by atoms with E-state index in [0.29, 0.717) is 18.9 Å². The maximum Gasteiger partial charge on any atom is 0.344 e. The second kappa shape index (κ2) is 10.9. The molecule has 1 aromatic heterocycles. The predicted molar refractivity (Wildman–Crippen MR) is 139 cm³/mol. The molecule has 9 nitrogen and oxygen atoms in total. The first-order valence-electron chi connectivity index (χ1n) is 12.4. The van der Waals surface area contributed by atoms with Crippen LogP contribution in [0.15, 0.2) is 42.7 Å². The fourth-order valence-corrected chi connectivity index (χ4v) is 4.85. The van der Waals surface area contributed by atoms with Crippen molar-refractivity contribution in [3.05, 3.63) is 53.9 Å². The van der Waals surface area contributed by atoms with Crippen molar-refractivity contribution in [2.24, 2.45) is 0 Å². The van der Waals surface area contributed by atoms with Gasteiger partial charge in [0.15, 0.2) is 5.82 Å². The molecule has 0 aliphatic carbocycles. The van der Waals surface area contributed by atoms with Crippen LogP contribution in [0.4, 0.5) is 16.3 Å². The van der Waals surface area contributed by atoms with E-state index < -0.39 is 0 Å². The Morgan fingerprint density at radius 2 is 1.77 bits per heavy atom. The second-order valence-electron chi connectivity index (χ2n) is 9.69. The van der Waals surface area contributed by atoms with E-state index >= 15 is 0 Å². The number of piperazine rings is 1. The first-order valence-corrected chi connectivity index (χ1v) is 12.4. The Morgan fingerprint density at radius 1 is 1.06 bits per heavy atom. The monoisotopic (exact) mass is 479 g/mol. The van der Waals surface area contributed by atoms with Gasteiger partial charge in [0.25, 0.3) is 0 Å². The van der Waals surface area contributed by atoms with Crippen molar-refractivity contribution in [3.63, 3.8) is 0 Å². The van der Waals surface area contributed by atoms with Gasteiger partial charge in [-0.15, -0.1) is 5.10 Å². The van der Waals surface area contributed by atoms with Gasteiger partial charge in [-0.1, -0.05) is 18.7 Å². The van der Waals surface area contributed by atoms with Crippen LogP contribution in [0, 0.1) is 6.92 Å². The molecule has 2 aliphatic heterocycles. The standard InChI is InChI=1S/C26H37N7O2/c1-19(2)27-25-9-12-33(29-25)26(35)32-15-13-30(14-16-32)18-22-6-5-20(3)17-24(22)31-10-7-23(8-11-31)28-21(4)34/h5-6,9,12,17,23H,1,7-8,10-11,13-16,18H2,2-4H3,(H,27,29)(H,28,34). The summed E-state index contributed by atoms with van der Waals surface area (Å²) in [5.41, 5.74) is 4.64. The highest BCUT2D eigenvalue weighted by Crippen LogP contribution is 2.27. The van der Waals surface area contributed by atoms with Gasteiger partial charge in [-0.2, -0.15) is 4.68 Å². The summed E-state index contributed by atoms with van der Waals surface area (Å²) < 4.78 is 1.39. The molecule has 1 aromatic carbocycles. The van der Waals surface area contributed by atoms with Gasteiger partial charge in [0.05, 0.1) is 0 Å². The van der Waals surface area contributed by atoms with E-state index in [-0.39, 0.29) is 18.0 Å². The van der Waals surface area contributed by atoms with Crippen molar-refractivity contribution in [2.45, 2.75) is 46.2 Å². The van der Waals surface area contributed by atoms with E-state index in [1.807, 2.05) is 11.8 Å². The van der Waals surface area contributed by atoms with Gasteiger partial charge in [-0.05, 0) is 43.9 Å². The Bertz CT molecular complexity index is 1060. The number of carbonyl (C=O) groups excluding carboxylic acids is 2. The number of hydrogen-bond acceptors (Lipinski definition) is 6. The summed E-state index contributed by atoms with van der Waals surface area (Å²) in [6.45, 7) is 15.1. The molecule has 4 rings (SSSR count). The SMILES string of the molecule is C=C(C)Nc1ccn(C(=O)N2CCN(Cc3ccc(C)cc3N3CCC(NC(C)=O)CC3)CC2)n1. The van der Waals surface area contributed by atoms with Crippen LogP contribution in [-0.4, -0.2) is 76.8 Å². The van der Waals surface area contributed by atoms with Crippen LogP contribution in [-0.2, 0) is 11.3 Å². The molecule has 2 fully saturated rings. The summed E-state index contributed by atoms with van der Waals surface area (Å²) >= 11 is 0. The third-order valence-electron chi connectivity index (χ3n) is 6.65. The highest BCUT2D eigenvalue weighted by Gasteiger charge is 2.25. The minimum Gasteiger partial charge on any atom is -0.371 e. The molecule has 35 heavy (non-hydrogen) atoms. The van der Waals surface area contributed by atoms with Crippen LogP contribution in [0.5, 0.6) is 0 Å². The van der Waals surface area contributed by atoms with E-state index in [1.165, 1.54) is 21.5 Å². The second-order valence-corrected chi connectivity index (χ2v) is 9.69. The topological polar surface area (TPSA) is 85.7 Å². The molecule has 188 valence electrons. The van der Waals surface area contributed by atoms with Gasteiger partial charge in [-0.25, -0.2) is 4.79 Å². The Kier molecular flexibility index (Phi) is 7.75. The molecule has 2 saturated heterocycles. The highest BCUT2D eigenvalue weighted by molar-refractivity contribution is 5.76. The van der Waals surface area contributed by atoms with E-state index in [1.54, 1.807) is 19.2 Å². The van der Waals surface area contributed by atoms with Gasteiger partial charge >= 0.3 is 6.03 Å². The average Bonchev–Trinajstić information content (AvgIpc) is 3.28. The predicted octanol–water partition coefficient (Wildman–Crippen LogP) is 3.03. The Labute approximate surface area is 207 Å². The molecule has 0 spiro atoms. The lowest BCUT2D eigenvalue weighted by Gasteiger charge is -2.37. The van der Waals surface area contributed by atoms with Crippen LogP contribution < -0.4 is 15.5 Å². The highest BCUT2D eigenvalue weighted by atomic mass is 16.2. The fourth-order valence-electron chi connectivity index (χ4n) is 4.85. The molecule has 2 aliphatic rings. The van der Waals surface area contributed by atoms with Crippen molar-refractivity contribution in [3.8, 4) is 0 Å². The Balaban J connectivity index is 1.34. The first-order chi connectivity index (χ1) is 16.8. The molecule has 0 saturated carbocycles. The number of rotatable bonds is 6. The van der Waals surface area contributed by atoms with E-state index in [0.717, 1.165) is 51.3 Å². The summed E-state index contributed by atoms with van der Waals surface area (Å²) in [7, 11) is 0. The summed E-state index contributed by atoms with van der Waals surface area (Å²) in [6, 6.07) is 8.64. The Morgan fingerprint density at radius 3 is 2.43 bits per heavy atom. The maximum atomic E-state index is 12.9.